The van der Waals surface area contributed by atoms with Gasteiger partial charge in [-0.15, -0.1) is 0 Å². The second kappa shape index (κ2) is 22.4. The van der Waals surface area contributed by atoms with Crippen molar-refractivity contribution in [3.05, 3.63) is 130 Å². The van der Waals surface area contributed by atoms with Crippen LogP contribution in [0.15, 0.2) is 107 Å². The number of sulfone groups is 2. The van der Waals surface area contributed by atoms with Gasteiger partial charge >= 0.3 is 12.1 Å². The summed E-state index contributed by atoms with van der Waals surface area (Å²) in [5.74, 6) is 0.572. The number of aromatic nitrogens is 4. The standard InChI is InChI=1S/C27H29ClFN5O4S.C26H27ClFN5O4S/c1-3-30-26(35)31-19-6-4-18(5-7-19)25-32-23(15-24(33-25)34-12-13-38-16-17(34)2)27(10-11-27)39(36,37)20-8-9-22(29)21(28)14-20;1-16-15-37-12-11-33(16)23-14-22(26(9-10-26)38(35,36)19-7-8-21(28)20(27)13-19)31-24(32-23)17-3-5-18(6-4-17)30-25(34)29-2/h4-9,14-15,17H,3,10-13,16H2,1-2H3,(H2,30,31,35);3-8,13-14,16H,9-12,15H2,1-2H3,(H2,29,30,34)/t17-;16-/m00/s1. The maximum absolute atomic E-state index is 13.9. The quantitative estimate of drug-likeness (QED) is 0.0792. The molecule has 18 nitrogen and oxygen atoms in total. The van der Waals surface area contributed by atoms with Gasteiger partial charge in [0.1, 0.15) is 32.8 Å². The number of halogens is 4. The first-order valence-corrected chi connectivity index (χ1v) is 28.6. The number of urea groups is 2. The number of anilines is 4. The molecule has 2 aromatic heterocycles. The molecule has 2 atom stereocenters. The lowest BCUT2D eigenvalue weighted by atomic mass is 10.1. The Morgan fingerprint density at radius 3 is 1.38 bits per heavy atom. The van der Waals surface area contributed by atoms with E-state index in [0.717, 1.165) is 24.3 Å². The van der Waals surface area contributed by atoms with Crippen LogP contribution in [0.25, 0.3) is 22.8 Å². The summed E-state index contributed by atoms with van der Waals surface area (Å²) in [6.07, 6.45) is 1.48. The van der Waals surface area contributed by atoms with Crippen molar-refractivity contribution in [1.82, 2.24) is 30.6 Å². The minimum absolute atomic E-state index is 0.0284. The van der Waals surface area contributed by atoms with Gasteiger partial charge in [-0.3, -0.25) is 0 Å². The molecule has 0 bridgehead atoms. The molecule has 2 saturated carbocycles. The number of nitrogens with zero attached hydrogens (tertiary/aromatic N) is 6. The average Bonchev–Trinajstić information content (AvgIpc) is 4.45. The van der Waals surface area contributed by atoms with Gasteiger partial charge in [-0.2, -0.15) is 0 Å². The lowest BCUT2D eigenvalue weighted by Crippen LogP contribution is -2.44. The number of carbonyl (C=O) groups is 2. The zero-order valence-corrected chi connectivity index (χ0v) is 45.6. The number of nitrogens with one attached hydrogen (secondary N) is 4. The minimum atomic E-state index is -3.94. The van der Waals surface area contributed by atoms with Crippen molar-refractivity contribution >= 4 is 77.9 Å². The largest absolute Gasteiger partial charge is 0.377 e. The third kappa shape index (κ3) is 11.4. The molecule has 2 aliphatic heterocycles. The van der Waals surface area contributed by atoms with Gasteiger partial charge in [0, 0.05) is 61.3 Å². The minimum Gasteiger partial charge on any atom is -0.377 e. The molecular formula is C53H56Cl2F2N10O8S2. The Kier molecular flexibility index (Phi) is 16.1. The van der Waals surface area contributed by atoms with Crippen molar-refractivity contribution < 1.29 is 44.7 Å². The average molecular weight is 1130 g/mol. The molecule has 6 aromatic rings. The van der Waals surface area contributed by atoms with Gasteiger partial charge < -0.3 is 40.5 Å². The first kappa shape index (κ1) is 55.2. The monoisotopic (exact) mass is 1130 g/mol. The third-order valence-corrected chi connectivity index (χ3v) is 19.5. The summed E-state index contributed by atoms with van der Waals surface area (Å²) in [5, 5.41) is 10.1. The molecule has 0 unspecified atom stereocenters. The topological polar surface area (TPSA) is 227 Å². The van der Waals surface area contributed by atoms with E-state index >= 15 is 0 Å². The van der Waals surface area contributed by atoms with Gasteiger partial charge in [0.25, 0.3) is 0 Å². The Morgan fingerprint density at radius 2 is 1.03 bits per heavy atom. The van der Waals surface area contributed by atoms with Crippen LogP contribution in [0.2, 0.25) is 10.0 Å². The zero-order chi connectivity index (χ0) is 54.9. The van der Waals surface area contributed by atoms with Crippen LogP contribution in [0, 0.1) is 11.6 Å². The highest BCUT2D eigenvalue weighted by atomic mass is 35.5. The van der Waals surface area contributed by atoms with Crippen molar-refractivity contribution in [3.63, 3.8) is 0 Å². The maximum Gasteiger partial charge on any atom is 0.319 e. The SMILES string of the molecule is CCNC(=O)Nc1ccc(-c2nc(N3CCOC[C@@H]3C)cc(C3(S(=O)(=O)c4ccc(F)c(Cl)c4)CC3)n2)cc1.CNC(=O)Nc1ccc(-c2nc(N3CCOC[C@@H]3C)cc(C3(S(=O)(=O)c4ccc(F)c(Cl)c4)CC3)n2)cc1. The van der Waals surface area contributed by atoms with Crippen molar-refractivity contribution in [3.8, 4) is 22.8 Å². The summed E-state index contributed by atoms with van der Waals surface area (Å²) < 4.78 is 91.6. The molecule has 2 saturated heterocycles. The van der Waals surface area contributed by atoms with Crippen LogP contribution in [0.4, 0.5) is 41.4 Å². The molecule has 2 aliphatic carbocycles. The fourth-order valence-corrected chi connectivity index (χ4v) is 13.7. The highest BCUT2D eigenvalue weighted by Gasteiger charge is 2.59. The maximum atomic E-state index is 13.9. The molecule has 77 heavy (non-hydrogen) atoms. The number of rotatable bonds is 13. The van der Waals surface area contributed by atoms with Gasteiger partial charge in [0.05, 0.1) is 69.7 Å². The fraction of sp³-hybridized carbons (Fsp3) is 0.358. The lowest BCUT2D eigenvalue weighted by molar-refractivity contribution is 0.0985. The van der Waals surface area contributed by atoms with Crippen LogP contribution in [0.3, 0.4) is 0 Å². The van der Waals surface area contributed by atoms with E-state index < -0.39 is 40.8 Å². The predicted octanol–water partition coefficient (Wildman–Crippen LogP) is 9.14. The Bertz CT molecular complexity index is 3430. The molecular weight excluding hydrogens is 1080 g/mol. The van der Waals surface area contributed by atoms with Crippen LogP contribution in [0.5, 0.6) is 0 Å². The van der Waals surface area contributed by atoms with E-state index in [1.54, 1.807) is 60.7 Å². The van der Waals surface area contributed by atoms with E-state index in [-0.39, 0.29) is 44.0 Å². The smallest absolute Gasteiger partial charge is 0.319 e. The van der Waals surface area contributed by atoms with E-state index in [2.05, 4.69) is 31.1 Å². The summed E-state index contributed by atoms with van der Waals surface area (Å²) in [4.78, 5) is 46.7. The molecule has 4 heterocycles. The number of benzene rings is 4. The normalized spacial score (nSPS) is 18.5. The van der Waals surface area contributed by atoms with Crippen molar-refractivity contribution in [1.29, 1.82) is 0 Å². The second-order valence-electron chi connectivity index (χ2n) is 19.1. The van der Waals surface area contributed by atoms with Crippen LogP contribution in [-0.2, 0) is 38.6 Å². The first-order valence-electron chi connectivity index (χ1n) is 24.9. The molecule has 0 spiro atoms. The zero-order valence-electron chi connectivity index (χ0n) is 42.4. The van der Waals surface area contributed by atoms with Crippen molar-refractivity contribution in [2.75, 3.05) is 73.5 Å². The van der Waals surface area contributed by atoms with Gasteiger partial charge in [0.15, 0.2) is 31.3 Å². The molecule has 10 rings (SSSR count). The molecule has 4 N–H and O–H groups in total. The van der Waals surface area contributed by atoms with E-state index in [4.69, 9.17) is 52.6 Å². The molecule has 4 fully saturated rings. The van der Waals surface area contributed by atoms with Gasteiger partial charge in [-0.25, -0.2) is 55.1 Å². The van der Waals surface area contributed by atoms with E-state index in [9.17, 15) is 35.2 Å². The van der Waals surface area contributed by atoms with Crippen LogP contribution in [-0.4, -0.2) is 114 Å². The highest BCUT2D eigenvalue weighted by molar-refractivity contribution is 7.93. The van der Waals surface area contributed by atoms with Gasteiger partial charge in [0.2, 0.25) is 0 Å². The summed E-state index contributed by atoms with van der Waals surface area (Å²) in [6, 6.07) is 23.8. The summed E-state index contributed by atoms with van der Waals surface area (Å²) in [6.45, 7) is 9.65. The number of hydrogen-bond acceptors (Lipinski definition) is 14. The summed E-state index contributed by atoms with van der Waals surface area (Å²) in [5.41, 5.74) is 3.27. The van der Waals surface area contributed by atoms with Crippen molar-refractivity contribution in [2.24, 2.45) is 0 Å². The first-order chi connectivity index (χ1) is 36.8. The molecule has 0 radical (unpaired) electrons. The molecule has 406 valence electrons. The Balaban J connectivity index is 0.000000188. The Labute approximate surface area is 455 Å². The number of amides is 4. The van der Waals surface area contributed by atoms with E-state index in [0.29, 0.717) is 129 Å². The van der Waals surface area contributed by atoms with E-state index in [1.165, 1.54) is 19.2 Å². The van der Waals surface area contributed by atoms with Crippen LogP contribution < -0.4 is 31.1 Å². The van der Waals surface area contributed by atoms with E-state index in [1.807, 2.05) is 20.8 Å². The van der Waals surface area contributed by atoms with Gasteiger partial charge in [-0.1, -0.05) is 23.2 Å². The number of morpholine rings is 2. The van der Waals surface area contributed by atoms with Crippen LogP contribution >= 0.6 is 23.2 Å². The predicted molar refractivity (Wildman–Crippen MR) is 290 cm³/mol. The summed E-state index contributed by atoms with van der Waals surface area (Å²) >= 11 is 11.9. The number of hydrogen-bond donors (Lipinski definition) is 4. The molecule has 4 amide bonds. The number of carbonyl (C=O) groups excluding carboxylic acids is 2. The lowest BCUT2D eigenvalue weighted by Gasteiger charge is -2.34. The van der Waals surface area contributed by atoms with Gasteiger partial charge in [-0.05, 0) is 131 Å². The van der Waals surface area contributed by atoms with Crippen molar-refractivity contribution in [2.45, 2.75) is 77.8 Å². The highest BCUT2D eigenvalue weighted by Crippen LogP contribution is 2.57. The molecule has 4 aliphatic rings. The third-order valence-electron chi connectivity index (χ3n) is 13.9. The molecule has 24 heteroatoms. The Hall–Kier alpha value is -6.56. The Morgan fingerprint density at radius 1 is 0.623 bits per heavy atom. The fourth-order valence-electron chi connectivity index (χ4n) is 9.25. The number of ether oxygens (including phenoxy) is 2. The van der Waals surface area contributed by atoms with Crippen LogP contribution in [0.1, 0.15) is 57.8 Å². The summed E-state index contributed by atoms with van der Waals surface area (Å²) in [7, 11) is -6.36. The molecule has 4 aromatic carbocycles. The second-order valence-corrected chi connectivity index (χ2v) is 24.4.